The Morgan fingerprint density at radius 2 is 2.20 bits per heavy atom. The molecule has 0 saturated carbocycles. The number of hydrogen-bond donors (Lipinski definition) is 1. The predicted molar refractivity (Wildman–Crippen MR) is 82.5 cm³/mol. The van der Waals surface area contributed by atoms with Gasteiger partial charge in [0.1, 0.15) is 0 Å². The first kappa shape index (κ1) is 16.5. The largest absolute Gasteiger partial charge is 0.478 e. The molecule has 0 aliphatic carbocycles. The number of halogens is 1. The summed E-state index contributed by atoms with van der Waals surface area (Å²) >= 11 is 6.04. The maximum Gasteiger partial charge on any atom is 0.328 e. The summed E-state index contributed by atoms with van der Waals surface area (Å²) < 4.78 is 5.37. The molecule has 0 heterocycles. The lowest BCUT2D eigenvalue weighted by Gasteiger charge is -2.25. The molecule has 0 atom stereocenters. The molecule has 0 amide bonds. The van der Waals surface area contributed by atoms with Crippen molar-refractivity contribution < 1.29 is 14.6 Å². The minimum absolute atomic E-state index is 0.624. The van der Waals surface area contributed by atoms with Crippen LogP contribution in [-0.2, 0) is 9.53 Å². The fraction of sp³-hybridized carbons (Fsp3) is 0.400. The van der Waals surface area contributed by atoms with Gasteiger partial charge in [-0.2, -0.15) is 0 Å². The topological polar surface area (TPSA) is 49.8 Å². The summed E-state index contributed by atoms with van der Waals surface area (Å²) in [6.07, 6.45) is 2.71. The van der Waals surface area contributed by atoms with E-state index in [2.05, 4.69) is 4.90 Å². The molecule has 1 N–H and O–H groups in total. The van der Waals surface area contributed by atoms with Crippen LogP contribution < -0.4 is 4.90 Å². The molecule has 1 rings (SSSR count). The van der Waals surface area contributed by atoms with Crippen LogP contribution in [0.3, 0.4) is 0 Å². The van der Waals surface area contributed by atoms with Crippen molar-refractivity contribution >= 4 is 29.3 Å². The summed E-state index contributed by atoms with van der Waals surface area (Å²) in [4.78, 5) is 12.8. The van der Waals surface area contributed by atoms with Gasteiger partial charge in [0, 0.05) is 36.5 Å². The van der Waals surface area contributed by atoms with Crippen molar-refractivity contribution in [1.82, 2.24) is 0 Å². The number of ether oxygens (including phenoxy) is 1. The van der Waals surface area contributed by atoms with Gasteiger partial charge in [0.05, 0.1) is 6.61 Å². The molecule has 0 radical (unpaired) electrons. The van der Waals surface area contributed by atoms with Gasteiger partial charge in [-0.15, -0.1) is 0 Å². The van der Waals surface area contributed by atoms with Crippen molar-refractivity contribution in [3.05, 3.63) is 34.9 Å². The van der Waals surface area contributed by atoms with Gasteiger partial charge in [0.2, 0.25) is 0 Å². The minimum Gasteiger partial charge on any atom is -0.478 e. The van der Waals surface area contributed by atoms with Crippen LogP contribution in [0.15, 0.2) is 24.3 Å². The fourth-order valence-corrected chi connectivity index (χ4v) is 2.03. The molecule has 0 aromatic heterocycles. The highest BCUT2D eigenvalue weighted by Crippen LogP contribution is 2.26. The molecule has 0 saturated heterocycles. The van der Waals surface area contributed by atoms with Crippen LogP contribution in [0.4, 0.5) is 5.69 Å². The van der Waals surface area contributed by atoms with Gasteiger partial charge in [-0.3, -0.25) is 0 Å². The second-order valence-corrected chi connectivity index (χ2v) is 4.59. The molecule has 20 heavy (non-hydrogen) atoms. The van der Waals surface area contributed by atoms with E-state index < -0.39 is 5.97 Å². The zero-order valence-electron chi connectivity index (χ0n) is 11.8. The van der Waals surface area contributed by atoms with Gasteiger partial charge in [0.15, 0.2) is 0 Å². The normalized spacial score (nSPS) is 10.9. The smallest absolute Gasteiger partial charge is 0.328 e. The first-order valence-electron chi connectivity index (χ1n) is 6.61. The number of carboxylic acids is 1. The van der Waals surface area contributed by atoms with Crippen LogP contribution in [-0.4, -0.2) is 37.4 Å². The van der Waals surface area contributed by atoms with Crippen LogP contribution in [0.25, 0.3) is 6.08 Å². The first-order chi connectivity index (χ1) is 9.58. The molecule has 110 valence electrons. The number of carbonyl (C=O) groups is 1. The SMILES string of the molecule is CCOCCN(CC)c1cc(Cl)ccc1/C=C/C(=O)O. The maximum atomic E-state index is 10.7. The van der Waals surface area contributed by atoms with Crippen molar-refractivity contribution in [2.75, 3.05) is 31.2 Å². The van der Waals surface area contributed by atoms with E-state index >= 15 is 0 Å². The van der Waals surface area contributed by atoms with E-state index in [0.717, 1.165) is 30.4 Å². The van der Waals surface area contributed by atoms with Crippen LogP contribution in [0.1, 0.15) is 19.4 Å². The average Bonchev–Trinajstić information content (AvgIpc) is 2.42. The van der Waals surface area contributed by atoms with Crippen molar-refractivity contribution in [3.63, 3.8) is 0 Å². The summed E-state index contributed by atoms with van der Waals surface area (Å²) in [7, 11) is 0. The third-order valence-electron chi connectivity index (χ3n) is 2.83. The zero-order valence-corrected chi connectivity index (χ0v) is 12.6. The van der Waals surface area contributed by atoms with Gasteiger partial charge in [-0.1, -0.05) is 17.7 Å². The van der Waals surface area contributed by atoms with E-state index in [1.807, 2.05) is 26.0 Å². The summed E-state index contributed by atoms with van der Waals surface area (Å²) in [5.41, 5.74) is 1.74. The van der Waals surface area contributed by atoms with E-state index in [4.69, 9.17) is 21.4 Å². The van der Waals surface area contributed by atoms with E-state index in [-0.39, 0.29) is 0 Å². The average molecular weight is 298 g/mol. The number of rotatable bonds is 8. The monoisotopic (exact) mass is 297 g/mol. The highest BCUT2D eigenvalue weighted by atomic mass is 35.5. The second kappa shape index (κ2) is 8.61. The molecule has 0 bridgehead atoms. The lowest BCUT2D eigenvalue weighted by Crippen LogP contribution is -2.27. The molecule has 0 unspecified atom stereocenters. The lowest BCUT2D eigenvalue weighted by molar-refractivity contribution is -0.131. The summed E-state index contributed by atoms with van der Waals surface area (Å²) in [6, 6.07) is 5.42. The number of anilines is 1. The number of carboxylic acid groups (broad SMARTS) is 1. The van der Waals surface area contributed by atoms with Crippen LogP contribution in [0, 0.1) is 0 Å². The maximum absolute atomic E-state index is 10.7. The van der Waals surface area contributed by atoms with Crippen molar-refractivity contribution in [2.45, 2.75) is 13.8 Å². The molecule has 0 fully saturated rings. The van der Waals surface area contributed by atoms with Crippen molar-refractivity contribution in [2.24, 2.45) is 0 Å². The number of aliphatic carboxylic acids is 1. The van der Waals surface area contributed by atoms with Crippen molar-refractivity contribution in [3.8, 4) is 0 Å². The molecule has 1 aromatic rings. The third-order valence-corrected chi connectivity index (χ3v) is 3.07. The first-order valence-corrected chi connectivity index (χ1v) is 6.99. The van der Waals surface area contributed by atoms with Gasteiger partial charge >= 0.3 is 5.97 Å². The number of hydrogen-bond acceptors (Lipinski definition) is 3. The van der Waals surface area contributed by atoms with E-state index in [9.17, 15) is 4.79 Å². The molecule has 4 nitrogen and oxygen atoms in total. The van der Waals surface area contributed by atoms with Gasteiger partial charge in [-0.25, -0.2) is 4.79 Å². The molecular formula is C15H20ClNO3. The second-order valence-electron chi connectivity index (χ2n) is 4.15. The van der Waals surface area contributed by atoms with E-state index in [1.165, 1.54) is 0 Å². The Hall–Kier alpha value is -1.52. The lowest BCUT2D eigenvalue weighted by atomic mass is 10.1. The summed E-state index contributed by atoms with van der Waals surface area (Å²) in [5, 5.41) is 9.37. The summed E-state index contributed by atoms with van der Waals surface area (Å²) in [6.45, 7) is 6.83. The fourth-order valence-electron chi connectivity index (χ4n) is 1.86. The minimum atomic E-state index is -0.969. The van der Waals surface area contributed by atoms with Crippen LogP contribution >= 0.6 is 11.6 Å². The number of benzene rings is 1. The van der Waals surface area contributed by atoms with E-state index in [0.29, 0.717) is 18.2 Å². The Bertz CT molecular complexity index is 474. The summed E-state index contributed by atoms with van der Waals surface area (Å²) in [5.74, 6) is -0.969. The Morgan fingerprint density at radius 1 is 1.45 bits per heavy atom. The number of nitrogens with zero attached hydrogens (tertiary/aromatic N) is 1. The highest BCUT2D eigenvalue weighted by molar-refractivity contribution is 6.31. The van der Waals surface area contributed by atoms with Gasteiger partial charge in [0.25, 0.3) is 0 Å². The molecule has 0 aliphatic rings. The number of likely N-dealkylation sites (N-methyl/N-ethyl adjacent to an activating group) is 1. The van der Waals surface area contributed by atoms with Gasteiger partial charge in [-0.05, 0) is 37.6 Å². The zero-order chi connectivity index (χ0) is 15.0. The Labute approximate surface area is 124 Å². The van der Waals surface area contributed by atoms with Gasteiger partial charge < -0.3 is 14.7 Å². The quantitative estimate of drug-likeness (QED) is 0.591. The molecule has 5 heteroatoms. The standard InChI is InChI=1S/C15H20ClNO3/c1-3-17(9-10-20-4-2)14-11-13(16)7-5-12(14)6-8-15(18)19/h5-8,11H,3-4,9-10H2,1-2H3,(H,18,19)/b8-6+. The Kier molecular flexibility index (Phi) is 7.12. The molecule has 1 aromatic carbocycles. The van der Waals surface area contributed by atoms with Crippen LogP contribution in [0.5, 0.6) is 0 Å². The highest BCUT2D eigenvalue weighted by Gasteiger charge is 2.09. The van der Waals surface area contributed by atoms with Crippen molar-refractivity contribution in [1.29, 1.82) is 0 Å². The third kappa shape index (κ3) is 5.23. The van der Waals surface area contributed by atoms with E-state index in [1.54, 1.807) is 12.1 Å². The molecule has 0 spiro atoms. The van der Waals surface area contributed by atoms with Crippen LogP contribution in [0.2, 0.25) is 5.02 Å². The Morgan fingerprint density at radius 3 is 2.80 bits per heavy atom. The Balaban J connectivity index is 2.99. The predicted octanol–water partition coefficient (Wildman–Crippen LogP) is 3.30. The molecular weight excluding hydrogens is 278 g/mol. The molecule has 0 aliphatic heterocycles.